The van der Waals surface area contributed by atoms with Crippen molar-refractivity contribution in [1.29, 1.82) is 0 Å². The maximum absolute atomic E-state index is 13.1. The van der Waals surface area contributed by atoms with Crippen molar-refractivity contribution >= 4 is 29.2 Å². The Morgan fingerprint density at radius 3 is 2.59 bits per heavy atom. The van der Waals surface area contributed by atoms with Crippen molar-refractivity contribution in [3.63, 3.8) is 0 Å². The van der Waals surface area contributed by atoms with Crippen molar-refractivity contribution in [2.45, 2.75) is 12.8 Å². The molecular formula is C19H14ClF2N3O4. The number of esters is 1. The van der Waals surface area contributed by atoms with Crippen molar-refractivity contribution in [2.24, 2.45) is 0 Å². The Hall–Kier alpha value is -3.33. The second-order valence-corrected chi connectivity index (χ2v) is 6.29. The van der Waals surface area contributed by atoms with E-state index >= 15 is 0 Å². The fraction of sp³-hybridized carbons (Fsp3) is 0.158. The molecule has 2 aromatic carbocycles. The molecule has 3 aromatic rings. The van der Waals surface area contributed by atoms with Gasteiger partial charge in [0.2, 0.25) is 11.7 Å². The van der Waals surface area contributed by atoms with Crippen LogP contribution in [-0.2, 0) is 20.7 Å². The van der Waals surface area contributed by atoms with Crippen LogP contribution in [0.5, 0.6) is 0 Å². The van der Waals surface area contributed by atoms with Gasteiger partial charge in [-0.3, -0.25) is 9.59 Å². The van der Waals surface area contributed by atoms with Crippen molar-refractivity contribution in [3.05, 3.63) is 65.0 Å². The van der Waals surface area contributed by atoms with Gasteiger partial charge < -0.3 is 14.6 Å². The zero-order valence-corrected chi connectivity index (χ0v) is 15.6. The van der Waals surface area contributed by atoms with Crippen LogP contribution in [0.15, 0.2) is 47.0 Å². The van der Waals surface area contributed by atoms with Crippen molar-refractivity contribution in [1.82, 2.24) is 10.1 Å². The number of nitrogens with one attached hydrogen (secondary N) is 1. The van der Waals surface area contributed by atoms with Gasteiger partial charge >= 0.3 is 5.97 Å². The molecule has 7 nitrogen and oxygen atoms in total. The van der Waals surface area contributed by atoms with E-state index in [-0.39, 0.29) is 24.4 Å². The minimum absolute atomic E-state index is 0.0468. The summed E-state index contributed by atoms with van der Waals surface area (Å²) in [5, 5.41) is 6.69. The number of aryl methyl sites for hydroxylation is 1. The van der Waals surface area contributed by atoms with Gasteiger partial charge in [0, 0.05) is 28.8 Å². The number of aromatic nitrogens is 2. The molecule has 0 atom stereocenters. The molecule has 0 spiro atoms. The third kappa shape index (κ3) is 5.82. The van der Waals surface area contributed by atoms with Crippen LogP contribution in [-0.4, -0.2) is 28.6 Å². The number of carbonyl (C=O) groups is 2. The predicted molar refractivity (Wildman–Crippen MR) is 99.0 cm³/mol. The number of hydrogen-bond donors (Lipinski definition) is 1. The van der Waals surface area contributed by atoms with E-state index in [4.69, 9.17) is 20.9 Å². The fourth-order valence-electron chi connectivity index (χ4n) is 2.27. The highest BCUT2D eigenvalue weighted by Crippen LogP contribution is 2.19. The van der Waals surface area contributed by atoms with Gasteiger partial charge in [-0.25, -0.2) is 8.78 Å². The highest BCUT2D eigenvalue weighted by atomic mass is 35.5. The van der Waals surface area contributed by atoms with Crippen LogP contribution in [0.25, 0.3) is 11.4 Å². The van der Waals surface area contributed by atoms with Gasteiger partial charge in [0.05, 0.1) is 6.42 Å². The Kier molecular flexibility index (Phi) is 6.50. The Bertz CT molecular complexity index is 1020. The molecule has 0 bridgehead atoms. The van der Waals surface area contributed by atoms with E-state index in [1.54, 1.807) is 24.3 Å². The molecule has 1 N–H and O–H groups in total. The van der Waals surface area contributed by atoms with Gasteiger partial charge in [-0.05, 0) is 36.4 Å². The van der Waals surface area contributed by atoms with Crippen LogP contribution in [0.1, 0.15) is 12.3 Å². The standard InChI is InChI=1S/C19H14ClF2N3O4/c20-12-3-1-11(2-4-12)19-24-17(29-25-19)7-8-18(27)28-10-16(26)23-13-5-6-14(21)15(22)9-13/h1-6,9H,7-8,10H2,(H,23,26). The van der Waals surface area contributed by atoms with E-state index in [9.17, 15) is 18.4 Å². The molecule has 0 unspecified atom stereocenters. The molecule has 0 saturated carbocycles. The smallest absolute Gasteiger partial charge is 0.306 e. The summed E-state index contributed by atoms with van der Waals surface area (Å²) < 4.78 is 35.9. The lowest BCUT2D eigenvalue weighted by atomic mass is 10.2. The van der Waals surface area contributed by atoms with Crippen LogP contribution in [0.3, 0.4) is 0 Å². The lowest BCUT2D eigenvalue weighted by molar-refractivity contribution is -0.147. The quantitative estimate of drug-likeness (QED) is 0.583. The summed E-state index contributed by atoms with van der Waals surface area (Å²) in [5.41, 5.74) is 0.756. The van der Waals surface area contributed by atoms with Crippen molar-refractivity contribution in [3.8, 4) is 11.4 Å². The highest BCUT2D eigenvalue weighted by molar-refractivity contribution is 6.30. The van der Waals surface area contributed by atoms with Crippen molar-refractivity contribution in [2.75, 3.05) is 11.9 Å². The topological polar surface area (TPSA) is 94.3 Å². The van der Waals surface area contributed by atoms with Gasteiger partial charge in [-0.1, -0.05) is 16.8 Å². The van der Waals surface area contributed by atoms with Crippen LogP contribution >= 0.6 is 11.6 Å². The molecule has 0 radical (unpaired) electrons. The number of nitrogens with zero attached hydrogens (tertiary/aromatic N) is 2. The number of anilines is 1. The largest absolute Gasteiger partial charge is 0.456 e. The number of amides is 1. The van der Waals surface area contributed by atoms with E-state index in [2.05, 4.69) is 15.5 Å². The second-order valence-electron chi connectivity index (χ2n) is 5.86. The van der Waals surface area contributed by atoms with Crippen LogP contribution in [0.2, 0.25) is 5.02 Å². The summed E-state index contributed by atoms with van der Waals surface area (Å²) in [6.45, 7) is -0.572. The van der Waals surface area contributed by atoms with E-state index in [1.165, 1.54) is 6.07 Å². The van der Waals surface area contributed by atoms with Gasteiger partial charge in [0.25, 0.3) is 5.91 Å². The minimum atomic E-state index is -1.10. The summed E-state index contributed by atoms with van der Waals surface area (Å²) in [6, 6.07) is 9.73. The molecule has 10 heteroatoms. The fourth-order valence-corrected chi connectivity index (χ4v) is 2.40. The second kappa shape index (κ2) is 9.24. The molecule has 0 aliphatic heterocycles. The molecular weight excluding hydrogens is 408 g/mol. The van der Waals surface area contributed by atoms with Crippen LogP contribution < -0.4 is 5.32 Å². The molecule has 0 saturated heterocycles. The first-order chi connectivity index (χ1) is 13.9. The number of halogens is 3. The Labute approximate surface area is 168 Å². The van der Waals surface area contributed by atoms with E-state index in [0.717, 1.165) is 12.1 Å². The zero-order valence-electron chi connectivity index (χ0n) is 14.8. The Balaban J connectivity index is 1.43. The number of benzene rings is 2. The molecule has 0 aliphatic rings. The predicted octanol–water partition coefficient (Wildman–Crippen LogP) is 3.78. The molecule has 29 heavy (non-hydrogen) atoms. The monoisotopic (exact) mass is 421 g/mol. The molecule has 0 aliphatic carbocycles. The molecule has 0 fully saturated rings. The zero-order chi connectivity index (χ0) is 20.8. The Morgan fingerprint density at radius 2 is 1.86 bits per heavy atom. The lowest BCUT2D eigenvalue weighted by Gasteiger charge is -2.06. The summed E-state index contributed by atoms with van der Waals surface area (Å²) in [4.78, 5) is 27.7. The van der Waals surface area contributed by atoms with Gasteiger partial charge in [-0.15, -0.1) is 0 Å². The van der Waals surface area contributed by atoms with Gasteiger partial charge in [0.15, 0.2) is 18.2 Å². The lowest BCUT2D eigenvalue weighted by Crippen LogP contribution is -2.21. The number of rotatable bonds is 7. The van der Waals surface area contributed by atoms with E-state index in [0.29, 0.717) is 16.4 Å². The SMILES string of the molecule is O=C(COC(=O)CCc1nc(-c2ccc(Cl)cc2)no1)Nc1ccc(F)c(F)c1. The van der Waals surface area contributed by atoms with Gasteiger partial charge in [-0.2, -0.15) is 4.98 Å². The molecule has 3 rings (SSSR count). The normalized spacial score (nSPS) is 10.6. The summed E-state index contributed by atoms with van der Waals surface area (Å²) in [7, 11) is 0. The molecule has 1 aromatic heterocycles. The first-order valence-electron chi connectivity index (χ1n) is 8.40. The average Bonchev–Trinajstić information content (AvgIpc) is 3.17. The number of ether oxygens (including phenoxy) is 1. The average molecular weight is 422 g/mol. The maximum atomic E-state index is 13.1. The third-order valence-corrected chi connectivity index (χ3v) is 3.93. The van der Waals surface area contributed by atoms with Crippen LogP contribution in [0, 0.1) is 11.6 Å². The third-order valence-electron chi connectivity index (χ3n) is 3.68. The van der Waals surface area contributed by atoms with E-state index < -0.39 is 30.1 Å². The summed E-state index contributed by atoms with van der Waals surface area (Å²) >= 11 is 5.82. The van der Waals surface area contributed by atoms with Gasteiger partial charge in [0.1, 0.15) is 0 Å². The van der Waals surface area contributed by atoms with Crippen LogP contribution in [0.4, 0.5) is 14.5 Å². The first kappa shape index (κ1) is 20.4. The molecule has 1 amide bonds. The summed E-state index contributed by atoms with van der Waals surface area (Å²) in [6.07, 6.45) is 0.0466. The number of carbonyl (C=O) groups excluding carboxylic acids is 2. The van der Waals surface area contributed by atoms with E-state index in [1.807, 2.05) is 0 Å². The highest BCUT2D eigenvalue weighted by Gasteiger charge is 2.13. The number of hydrogen-bond acceptors (Lipinski definition) is 6. The van der Waals surface area contributed by atoms with Crippen molar-refractivity contribution < 1.29 is 27.6 Å². The summed E-state index contributed by atoms with van der Waals surface area (Å²) in [5.74, 6) is -2.88. The molecule has 1 heterocycles. The first-order valence-corrected chi connectivity index (χ1v) is 8.77. The maximum Gasteiger partial charge on any atom is 0.306 e. The Morgan fingerprint density at radius 1 is 1.10 bits per heavy atom. The minimum Gasteiger partial charge on any atom is -0.456 e. The molecule has 150 valence electrons.